The van der Waals surface area contributed by atoms with Crippen LogP contribution in [0, 0.1) is 0 Å². The van der Waals surface area contributed by atoms with Gasteiger partial charge >= 0.3 is 0 Å². The predicted octanol–water partition coefficient (Wildman–Crippen LogP) is 5.23. The van der Waals surface area contributed by atoms with Gasteiger partial charge in [0.1, 0.15) is 11.8 Å². The van der Waals surface area contributed by atoms with E-state index in [0.717, 1.165) is 34.0 Å². The summed E-state index contributed by atoms with van der Waals surface area (Å²) in [4.78, 5) is 28.6. The summed E-state index contributed by atoms with van der Waals surface area (Å²) in [7, 11) is 0. The van der Waals surface area contributed by atoms with Gasteiger partial charge in [-0.3, -0.25) is 9.59 Å². The fraction of sp³-hybridized carbons (Fsp3) is 0.259. The maximum absolute atomic E-state index is 13.4. The monoisotopic (exact) mass is 508 g/mol. The molecule has 1 aliphatic rings. The molecule has 0 radical (unpaired) electrons. The zero-order valence-corrected chi connectivity index (χ0v) is 20.1. The number of aryl methyl sites for hydroxylation is 1. The Morgan fingerprint density at radius 3 is 2.52 bits per heavy atom. The van der Waals surface area contributed by atoms with Crippen molar-refractivity contribution >= 4 is 27.7 Å². The molecule has 2 aromatic rings. The minimum absolute atomic E-state index is 0.0506. The first kappa shape index (κ1) is 24.5. The number of phenolic OH excluding ortho intramolecular Hbond substituents is 1. The average molecular weight is 509 g/mol. The largest absolute Gasteiger partial charge is 0.508 e. The molecule has 2 aromatic carbocycles. The molecule has 0 aromatic heterocycles. The van der Waals surface area contributed by atoms with E-state index in [1.807, 2.05) is 36.4 Å². The topological polar surface area (TPSA) is 69.6 Å². The number of hydrogen-bond donors (Lipinski definition) is 2. The SMILES string of the molecule is C=C/C=C(\C=C)CNC(=O)C(c1cccc(Br)c1)N(C(=O)CCc1ccc(O)cc1)C1CC1. The third-order valence-corrected chi connectivity index (χ3v) is 6.04. The van der Waals surface area contributed by atoms with Crippen LogP contribution in [0.2, 0.25) is 0 Å². The summed E-state index contributed by atoms with van der Waals surface area (Å²) in [6.07, 6.45) is 7.72. The molecule has 1 saturated carbocycles. The number of nitrogens with zero attached hydrogens (tertiary/aromatic N) is 1. The van der Waals surface area contributed by atoms with E-state index in [1.165, 1.54) is 0 Å². The molecule has 5 nitrogen and oxygen atoms in total. The highest BCUT2D eigenvalue weighted by atomic mass is 79.9. The summed E-state index contributed by atoms with van der Waals surface area (Å²) in [6, 6.07) is 13.7. The Bertz CT molecular complexity index is 1040. The molecule has 0 heterocycles. The molecule has 0 spiro atoms. The van der Waals surface area contributed by atoms with Crippen LogP contribution in [-0.4, -0.2) is 34.4 Å². The first-order valence-corrected chi connectivity index (χ1v) is 11.8. The maximum Gasteiger partial charge on any atom is 0.247 e. The molecule has 2 N–H and O–H groups in total. The molecule has 0 saturated heterocycles. The lowest BCUT2D eigenvalue weighted by molar-refractivity contribution is -0.141. The van der Waals surface area contributed by atoms with Gasteiger partial charge in [-0.15, -0.1) is 0 Å². The minimum Gasteiger partial charge on any atom is -0.508 e. The van der Waals surface area contributed by atoms with E-state index in [9.17, 15) is 14.7 Å². The van der Waals surface area contributed by atoms with E-state index in [2.05, 4.69) is 34.4 Å². The van der Waals surface area contributed by atoms with Gasteiger partial charge in [0.15, 0.2) is 0 Å². The maximum atomic E-state index is 13.4. The smallest absolute Gasteiger partial charge is 0.247 e. The number of hydrogen-bond acceptors (Lipinski definition) is 3. The summed E-state index contributed by atoms with van der Waals surface area (Å²) in [5, 5.41) is 12.5. The molecule has 1 aliphatic carbocycles. The molecule has 1 unspecified atom stereocenters. The molecular weight excluding hydrogens is 480 g/mol. The summed E-state index contributed by atoms with van der Waals surface area (Å²) >= 11 is 3.49. The molecule has 172 valence electrons. The standard InChI is InChI=1S/C27H29BrN2O3/c1-3-6-19(4-2)18-29-27(33)26(21-7-5-8-22(28)17-21)30(23-12-13-23)25(32)16-11-20-9-14-24(31)15-10-20/h3-10,14-15,17,23,26,31H,1-2,11-13,16,18H2,(H,29,33)/b19-6+. The van der Waals surface area contributed by atoms with Crippen molar-refractivity contribution < 1.29 is 14.7 Å². The van der Waals surface area contributed by atoms with Gasteiger partial charge in [0.2, 0.25) is 11.8 Å². The Balaban J connectivity index is 1.84. The number of carbonyl (C=O) groups is 2. The Kier molecular flexibility index (Phi) is 8.66. The van der Waals surface area contributed by atoms with Gasteiger partial charge in [-0.1, -0.05) is 71.6 Å². The van der Waals surface area contributed by atoms with Crippen LogP contribution in [0.1, 0.15) is 36.4 Å². The van der Waals surface area contributed by atoms with Crippen molar-refractivity contribution in [1.82, 2.24) is 10.2 Å². The van der Waals surface area contributed by atoms with Crippen molar-refractivity contribution in [2.24, 2.45) is 0 Å². The van der Waals surface area contributed by atoms with E-state index in [-0.39, 0.29) is 30.0 Å². The lowest BCUT2D eigenvalue weighted by atomic mass is 10.0. The molecule has 3 rings (SSSR count). The van der Waals surface area contributed by atoms with Crippen LogP contribution in [0.5, 0.6) is 5.75 Å². The summed E-state index contributed by atoms with van der Waals surface area (Å²) in [6.45, 7) is 7.78. The zero-order chi connectivity index (χ0) is 23.8. The fourth-order valence-corrected chi connectivity index (χ4v) is 4.12. The number of nitrogens with one attached hydrogen (secondary N) is 1. The molecule has 0 aliphatic heterocycles. The lowest BCUT2D eigenvalue weighted by Gasteiger charge is -2.32. The van der Waals surface area contributed by atoms with Gasteiger partial charge in [-0.05, 0) is 60.2 Å². The molecule has 2 amide bonds. The summed E-state index contributed by atoms with van der Waals surface area (Å²) in [5.41, 5.74) is 2.56. The van der Waals surface area contributed by atoms with Crippen molar-refractivity contribution in [3.8, 4) is 5.75 Å². The number of carbonyl (C=O) groups excluding carboxylic acids is 2. The number of amides is 2. The third-order valence-electron chi connectivity index (χ3n) is 5.54. The molecule has 1 atom stereocenters. The highest BCUT2D eigenvalue weighted by molar-refractivity contribution is 9.10. The number of benzene rings is 2. The number of allylic oxidation sites excluding steroid dienone is 2. The Labute approximate surface area is 203 Å². The van der Waals surface area contributed by atoms with Gasteiger partial charge in [0, 0.05) is 23.5 Å². The molecule has 33 heavy (non-hydrogen) atoms. The van der Waals surface area contributed by atoms with E-state index >= 15 is 0 Å². The van der Waals surface area contributed by atoms with Crippen molar-refractivity contribution in [2.75, 3.05) is 6.54 Å². The van der Waals surface area contributed by atoms with Gasteiger partial charge in [-0.2, -0.15) is 0 Å². The van der Waals surface area contributed by atoms with Crippen molar-refractivity contribution in [2.45, 2.75) is 37.8 Å². The Morgan fingerprint density at radius 2 is 1.91 bits per heavy atom. The number of phenols is 1. The number of halogens is 1. The zero-order valence-electron chi connectivity index (χ0n) is 18.5. The lowest BCUT2D eigenvalue weighted by Crippen LogP contribution is -2.45. The van der Waals surface area contributed by atoms with Crippen molar-refractivity contribution in [3.63, 3.8) is 0 Å². The average Bonchev–Trinajstić information content (AvgIpc) is 3.64. The predicted molar refractivity (Wildman–Crippen MR) is 135 cm³/mol. The van der Waals surface area contributed by atoms with Crippen LogP contribution < -0.4 is 5.32 Å². The van der Waals surface area contributed by atoms with Crippen LogP contribution in [0.15, 0.2) is 90.0 Å². The summed E-state index contributed by atoms with van der Waals surface area (Å²) < 4.78 is 0.850. The normalized spacial score (nSPS) is 14.3. The second kappa shape index (κ2) is 11.7. The van der Waals surface area contributed by atoms with E-state index in [4.69, 9.17) is 0 Å². The Hall–Kier alpha value is -3.12. The second-order valence-corrected chi connectivity index (χ2v) is 8.97. The van der Waals surface area contributed by atoms with Crippen molar-refractivity contribution in [1.29, 1.82) is 0 Å². The summed E-state index contributed by atoms with van der Waals surface area (Å²) in [5.74, 6) is -0.0912. The first-order valence-electron chi connectivity index (χ1n) is 11.0. The minimum atomic E-state index is -0.725. The third kappa shape index (κ3) is 6.93. The van der Waals surface area contributed by atoms with Crippen LogP contribution >= 0.6 is 15.9 Å². The van der Waals surface area contributed by atoms with Gasteiger partial charge in [0.05, 0.1) is 0 Å². The van der Waals surface area contributed by atoms with E-state index in [1.54, 1.807) is 35.3 Å². The molecule has 6 heteroatoms. The van der Waals surface area contributed by atoms with E-state index < -0.39 is 6.04 Å². The first-order chi connectivity index (χ1) is 15.9. The van der Waals surface area contributed by atoms with Crippen molar-refractivity contribution in [3.05, 3.63) is 101 Å². The number of rotatable bonds is 11. The molecular formula is C27H29BrN2O3. The van der Waals surface area contributed by atoms with Gasteiger partial charge in [-0.25, -0.2) is 0 Å². The fourth-order valence-electron chi connectivity index (χ4n) is 3.71. The molecule has 1 fully saturated rings. The quantitative estimate of drug-likeness (QED) is 0.408. The van der Waals surface area contributed by atoms with Gasteiger partial charge in [0.25, 0.3) is 0 Å². The van der Waals surface area contributed by atoms with Crippen LogP contribution in [0.3, 0.4) is 0 Å². The van der Waals surface area contributed by atoms with Crippen LogP contribution in [0.4, 0.5) is 0 Å². The molecule has 0 bridgehead atoms. The highest BCUT2D eigenvalue weighted by Crippen LogP contribution is 2.36. The van der Waals surface area contributed by atoms with Crippen LogP contribution in [0.25, 0.3) is 0 Å². The van der Waals surface area contributed by atoms with Gasteiger partial charge < -0.3 is 15.3 Å². The van der Waals surface area contributed by atoms with Crippen LogP contribution in [-0.2, 0) is 16.0 Å². The Morgan fingerprint density at radius 1 is 1.18 bits per heavy atom. The number of aromatic hydroxyl groups is 1. The highest BCUT2D eigenvalue weighted by Gasteiger charge is 2.41. The van der Waals surface area contributed by atoms with E-state index in [0.29, 0.717) is 13.0 Å². The second-order valence-electron chi connectivity index (χ2n) is 8.06.